The molecule has 0 unspecified atom stereocenters. The summed E-state index contributed by atoms with van der Waals surface area (Å²) in [7, 11) is -3.48. The SMILES string of the molecule is O=C(c1cccc(C(F)(F)F)c1F)N1CCCS(=O)(=O)C1. The Labute approximate surface area is 118 Å². The molecule has 1 amide bonds. The van der Waals surface area contributed by atoms with Crippen molar-refractivity contribution < 1.29 is 30.8 Å². The normalized spacial score (nSPS) is 18.6. The zero-order valence-electron chi connectivity index (χ0n) is 10.7. The van der Waals surface area contributed by atoms with Crippen LogP contribution in [0.4, 0.5) is 17.6 Å². The van der Waals surface area contributed by atoms with E-state index in [0.29, 0.717) is 6.07 Å². The summed E-state index contributed by atoms with van der Waals surface area (Å²) < 4.78 is 74.5. The first-order valence-electron chi connectivity index (χ1n) is 5.97. The topological polar surface area (TPSA) is 54.5 Å². The highest BCUT2D eigenvalue weighted by Crippen LogP contribution is 2.32. The Morgan fingerprint density at radius 1 is 1.24 bits per heavy atom. The Kier molecular flexibility index (Phi) is 3.96. The Bertz CT molecular complexity index is 670. The number of sulfone groups is 1. The van der Waals surface area contributed by atoms with Crippen LogP contribution >= 0.6 is 0 Å². The molecule has 21 heavy (non-hydrogen) atoms. The molecule has 1 aliphatic heterocycles. The molecule has 0 saturated carbocycles. The number of carbonyl (C=O) groups is 1. The molecule has 0 atom stereocenters. The summed E-state index contributed by atoms with van der Waals surface area (Å²) in [6.07, 6.45) is -4.75. The second kappa shape index (κ2) is 5.28. The predicted octanol–water partition coefficient (Wildman–Crippen LogP) is 2.06. The van der Waals surface area contributed by atoms with Gasteiger partial charge < -0.3 is 4.90 Å². The molecule has 1 saturated heterocycles. The Morgan fingerprint density at radius 2 is 1.90 bits per heavy atom. The van der Waals surface area contributed by atoms with Crippen LogP contribution in [0, 0.1) is 5.82 Å². The number of alkyl halides is 3. The third-order valence-electron chi connectivity index (χ3n) is 3.06. The summed E-state index contributed by atoms with van der Waals surface area (Å²) in [6, 6.07) is 2.35. The molecule has 116 valence electrons. The van der Waals surface area contributed by atoms with Crippen LogP contribution in [0.25, 0.3) is 0 Å². The minimum Gasteiger partial charge on any atom is -0.324 e. The van der Waals surface area contributed by atoms with Gasteiger partial charge in [0.2, 0.25) is 0 Å². The molecule has 0 spiro atoms. The van der Waals surface area contributed by atoms with Crippen molar-refractivity contribution in [2.45, 2.75) is 12.6 Å². The minimum absolute atomic E-state index is 0.0632. The predicted molar refractivity (Wildman–Crippen MR) is 65.7 cm³/mol. The average molecular weight is 325 g/mol. The molecule has 0 N–H and O–H groups in total. The maximum absolute atomic E-state index is 13.8. The first-order chi connectivity index (χ1) is 9.62. The maximum atomic E-state index is 13.8. The second-order valence-electron chi connectivity index (χ2n) is 4.66. The van der Waals surface area contributed by atoms with Gasteiger partial charge >= 0.3 is 6.18 Å². The van der Waals surface area contributed by atoms with Crippen molar-refractivity contribution in [1.29, 1.82) is 0 Å². The van der Waals surface area contributed by atoms with Gasteiger partial charge in [-0.1, -0.05) is 6.07 Å². The first kappa shape index (κ1) is 15.7. The largest absolute Gasteiger partial charge is 0.419 e. The third kappa shape index (κ3) is 3.34. The lowest BCUT2D eigenvalue weighted by atomic mass is 10.1. The molecule has 1 aromatic rings. The molecular weight excluding hydrogens is 314 g/mol. The second-order valence-corrected chi connectivity index (χ2v) is 6.82. The lowest BCUT2D eigenvalue weighted by Gasteiger charge is -2.27. The number of rotatable bonds is 1. The summed E-state index contributed by atoms with van der Waals surface area (Å²) in [5.74, 6) is -3.44. The third-order valence-corrected chi connectivity index (χ3v) is 4.67. The molecule has 0 radical (unpaired) electrons. The van der Waals surface area contributed by atoms with Crippen molar-refractivity contribution in [3.63, 3.8) is 0 Å². The van der Waals surface area contributed by atoms with E-state index >= 15 is 0 Å². The first-order valence-corrected chi connectivity index (χ1v) is 7.79. The fourth-order valence-electron chi connectivity index (χ4n) is 2.09. The average Bonchev–Trinajstić information content (AvgIpc) is 2.35. The van der Waals surface area contributed by atoms with Crippen molar-refractivity contribution in [1.82, 2.24) is 4.90 Å². The van der Waals surface area contributed by atoms with E-state index in [1.807, 2.05) is 0 Å². The number of halogens is 4. The smallest absolute Gasteiger partial charge is 0.324 e. The molecule has 0 aromatic heterocycles. The number of hydrogen-bond donors (Lipinski definition) is 0. The molecule has 1 heterocycles. The zero-order valence-corrected chi connectivity index (χ0v) is 11.5. The standard InChI is InChI=1S/C12H11F4NO3S/c13-10-8(3-1-4-9(10)12(14,15)16)11(18)17-5-2-6-21(19,20)7-17/h1,3-4H,2,5-7H2. The molecule has 1 fully saturated rings. The van der Waals surface area contributed by atoms with E-state index in [1.54, 1.807) is 0 Å². The van der Waals surface area contributed by atoms with E-state index in [0.717, 1.165) is 17.0 Å². The number of amides is 1. The van der Waals surface area contributed by atoms with E-state index in [4.69, 9.17) is 0 Å². The lowest BCUT2D eigenvalue weighted by Crippen LogP contribution is -2.42. The molecule has 0 bridgehead atoms. The maximum Gasteiger partial charge on any atom is 0.419 e. The van der Waals surface area contributed by atoms with Gasteiger partial charge in [-0.15, -0.1) is 0 Å². The van der Waals surface area contributed by atoms with E-state index in [-0.39, 0.29) is 18.7 Å². The fraction of sp³-hybridized carbons (Fsp3) is 0.417. The Balaban J connectivity index is 2.36. The van der Waals surface area contributed by atoms with Crippen molar-refractivity contribution in [2.24, 2.45) is 0 Å². The van der Waals surface area contributed by atoms with Crippen molar-refractivity contribution in [2.75, 3.05) is 18.2 Å². The van der Waals surface area contributed by atoms with Crippen molar-refractivity contribution in [3.05, 3.63) is 35.1 Å². The molecule has 9 heteroatoms. The molecule has 4 nitrogen and oxygen atoms in total. The fourth-order valence-corrected chi connectivity index (χ4v) is 3.51. The van der Waals surface area contributed by atoms with Gasteiger partial charge in [0.1, 0.15) is 11.7 Å². The van der Waals surface area contributed by atoms with Gasteiger partial charge in [-0.25, -0.2) is 12.8 Å². The van der Waals surface area contributed by atoms with Gasteiger partial charge in [0.15, 0.2) is 9.84 Å². The van der Waals surface area contributed by atoms with E-state index in [9.17, 15) is 30.8 Å². The van der Waals surface area contributed by atoms with Crippen LogP contribution in [0.1, 0.15) is 22.3 Å². The van der Waals surface area contributed by atoms with Crippen molar-refractivity contribution >= 4 is 15.7 Å². The number of carbonyl (C=O) groups excluding carboxylic acids is 1. The van der Waals surface area contributed by atoms with Crippen LogP contribution in [0.5, 0.6) is 0 Å². The highest BCUT2D eigenvalue weighted by Gasteiger charge is 2.37. The monoisotopic (exact) mass is 325 g/mol. The summed E-state index contributed by atoms with van der Waals surface area (Å²) in [6.45, 7) is 0.0632. The van der Waals surface area contributed by atoms with Crippen LogP contribution in [-0.4, -0.2) is 37.4 Å². The highest BCUT2D eigenvalue weighted by atomic mass is 32.2. The summed E-state index contributed by atoms with van der Waals surface area (Å²) >= 11 is 0. The van der Waals surface area contributed by atoms with E-state index in [1.165, 1.54) is 0 Å². The Hall–Kier alpha value is -1.64. The van der Waals surface area contributed by atoms with Crippen LogP contribution in [0.15, 0.2) is 18.2 Å². The quantitative estimate of drug-likeness (QED) is 0.743. The summed E-state index contributed by atoms with van der Waals surface area (Å²) in [5, 5.41) is 0. The van der Waals surface area contributed by atoms with Crippen LogP contribution in [0.3, 0.4) is 0 Å². The molecule has 0 aliphatic carbocycles. The van der Waals surface area contributed by atoms with Gasteiger partial charge in [-0.05, 0) is 18.6 Å². The van der Waals surface area contributed by atoms with Crippen LogP contribution < -0.4 is 0 Å². The molecule has 1 aliphatic rings. The van der Waals surface area contributed by atoms with E-state index < -0.39 is 44.7 Å². The van der Waals surface area contributed by atoms with Gasteiger partial charge in [0.05, 0.1) is 16.9 Å². The van der Waals surface area contributed by atoms with Gasteiger partial charge in [-0.3, -0.25) is 4.79 Å². The number of nitrogens with zero attached hydrogens (tertiary/aromatic N) is 1. The number of hydrogen-bond acceptors (Lipinski definition) is 3. The van der Waals surface area contributed by atoms with Gasteiger partial charge in [-0.2, -0.15) is 13.2 Å². The summed E-state index contributed by atoms with van der Waals surface area (Å²) in [5.41, 5.74) is -2.32. The molecule has 2 rings (SSSR count). The minimum atomic E-state index is -4.92. The van der Waals surface area contributed by atoms with E-state index in [2.05, 4.69) is 0 Å². The van der Waals surface area contributed by atoms with Gasteiger partial charge in [0, 0.05) is 6.54 Å². The van der Waals surface area contributed by atoms with Crippen molar-refractivity contribution in [3.8, 4) is 0 Å². The van der Waals surface area contributed by atoms with Crippen LogP contribution in [0.2, 0.25) is 0 Å². The summed E-state index contributed by atoms with van der Waals surface area (Å²) in [4.78, 5) is 12.9. The Morgan fingerprint density at radius 3 is 2.48 bits per heavy atom. The highest BCUT2D eigenvalue weighted by molar-refractivity contribution is 7.91. The van der Waals surface area contributed by atoms with Crippen LogP contribution in [-0.2, 0) is 16.0 Å². The lowest BCUT2D eigenvalue weighted by molar-refractivity contribution is -0.140. The number of benzene rings is 1. The zero-order chi connectivity index (χ0) is 15.8. The molecule has 1 aromatic carbocycles. The molecular formula is C12H11F4NO3S. The van der Waals surface area contributed by atoms with Gasteiger partial charge in [0.25, 0.3) is 5.91 Å².